The highest BCUT2D eigenvalue weighted by atomic mass is 15.1. The summed E-state index contributed by atoms with van der Waals surface area (Å²) in [6.07, 6.45) is 0. The smallest absolute Gasteiger partial charge is 0.0540 e. The van der Waals surface area contributed by atoms with Crippen LogP contribution in [0.3, 0.4) is 0 Å². The molecule has 4 aromatic carbocycles. The fourth-order valence-corrected chi connectivity index (χ4v) is 2.98. The fourth-order valence-electron chi connectivity index (χ4n) is 2.98. The van der Waals surface area contributed by atoms with Gasteiger partial charge in [-0.3, -0.25) is 0 Å². The van der Waals surface area contributed by atoms with Gasteiger partial charge in [-0.15, -0.1) is 0 Å². The normalized spacial score (nSPS) is 10.6. The summed E-state index contributed by atoms with van der Waals surface area (Å²) in [5, 5.41) is 2.50. The van der Waals surface area contributed by atoms with Gasteiger partial charge in [0.15, 0.2) is 0 Å². The number of hydrogen-bond acceptors (Lipinski definition) is 1. The summed E-state index contributed by atoms with van der Waals surface area (Å²) in [5.74, 6) is 0. The lowest BCUT2D eigenvalue weighted by atomic mass is 10.1. The van der Waals surface area contributed by atoms with Gasteiger partial charge in [0.25, 0.3) is 0 Å². The average molecular weight is 295 g/mol. The van der Waals surface area contributed by atoms with Gasteiger partial charge < -0.3 is 4.90 Å². The maximum Gasteiger partial charge on any atom is 0.0540 e. The average Bonchev–Trinajstić information content (AvgIpc) is 2.64. The molecular formula is C22H17N. The van der Waals surface area contributed by atoms with Crippen LogP contribution in [0.15, 0.2) is 103 Å². The number of hydrogen-bond donors (Lipinski definition) is 0. The Morgan fingerprint density at radius 2 is 0.957 bits per heavy atom. The Balaban J connectivity index is 1.98. The number of fused-ring (bicyclic) bond motifs is 1. The van der Waals surface area contributed by atoms with Crippen LogP contribution in [0.2, 0.25) is 0 Å². The van der Waals surface area contributed by atoms with Gasteiger partial charge >= 0.3 is 0 Å². The zero-order valence-corrected chi connectivity index (χ0v) is 12.8. The molecule has 0 unspecified atom stereocenters. The number of para-hydroxylation sites is 2. The molecule has 0 aliphatic carbocycles. The van der Waals surface area contributed by atoms with Crippen molar-refractivity contribution < 1.29 is 0 Å². The highest BCUT2D eigenvalue weighted by Crippen LogP contribution is 2.38. The van der Waals surface area contributed by atoms with Crippen molar-refractivity contribution in [3.63, 3.8) is 0 Å². The predicted octanol–water partition coefficient (Wildman–Crippen LogP) is 6.31. The molecule has 4 rings (SSSR count). The third-order valence-electron chi connectivity index (χ3n) is 4.04. The Morgan fingerprint density at radius 1 is 0.435 bits per heavy atom. The number of benzene rings is 4. The highest BCUT2D eigenvalue weighted by Gasteiger charge is 2.13. The van der Waals surface area contributed by atoms with Gasteiger partial charge in [0.2, 0.25) is 0 Å². The van der Waals surface area contributed by atoms with Gasteiger partial charge in [0.1, 0.15) is 0 Å². The molecule has 0 spiro atoms. The fraction of sp³-hybridized carbons (Fsp3) is 0. The van der Waals surface area contributed by atoms with E-state index in [9.17, 15) is 0 Å². The van der Waals surface area contributed by atoms with Crippen molar-refractivity contribution in [2.24, 2.45) is 0 Å². The van der Waals surface area contributed by atoms with Crippen molar-refractivity contribution in [3.8, 4) is 0 Å². The van der Waals surface area contributed by atoms with Crippen molar-refractivity contribution >= 4 is 27.8 Å². The molecule has 0 bridgehead atoms. The lowest BCUT2D eigenvalue weighted by molar-refractivity contribution is 1.30. The van der Waals surface area contributed by atoms with Crippen LogP contribution in [0.25, 0.3) is 10.8 Å². The molecule has 0 aromatic heterocycles. The predicted molar refractivity (Wildman–Crippen MR) is 98.6 cm³/mol. The van der Waals surface area contributed by atoms with Crippen LogP contribution in [-0.2, 0) is 0 Å². The largest absolute Gasteiger partial charge is 0.310 e. The Kier molecular flexibility index (Phi) is 3.53. The van der Waals surface area contributed by atoms with E-state index in [4.69, 9.17) is 0 Å². The first-order valence-electron chi connectivity index (χ1n) is 7.81. The van der Waals surface area contributed by atoms with Gasteiger partial charge in [-0.25, -0.2) is 0 Å². The van der Waals surface area contributed by atoms with E-state index in [1.54, 1.807) is 0 Å². The van der Waals surface area contributed by atoms with E-state index in [1.807, 2.05) is 0 Å². The molecule has 0 aliphatic rings. The van der Waals surface area contributed by atoms with Gasteiger partial charge in [-0.05, 0) is 35.7 Å². The lowest BCUT2D eigenvalue weighted by Crippen LogP contribution is -2.10. The summed E-state index contributed by atoms with van der Waals surface area (Å²) in [6.45, 7) is 0. The molecule has 110 valence electrons. The molecular weight excluding hydrogens is 278 g/mol. The quantitative estimate of drug-likeness (QED) is 0.428. The van der Waals surface area contributed by atoms with E-state index in [1.165, 1.54) is 16.5 Å². The lowest BCUT2D eigenvalue weighted by Gasteiger charge is -2.26. The van der Waals surface area contributed by atoms with Gasteiger partial charge in [-0.2, -0.15) is 0 Å². The SMILES string of the molecule is c1ccc(N(c2ccccc2)c2cccc3ccccc23)cc1. The van der Waals surface area contributed by atoms with E-state index >= 15 is 0 Å². The van der Waals surface area contributed by atoms with Crippen molar-refractivity contribution in [1.29, 1.82) is 0 Å². The van der Waals surface area contributed by atoms with Crippen LogP contribution < -0.4 is 4.90 Å². The summed E-state index contributed by atoms with van der Waals surface area (Å²) >= 11 is 0. The highest BCUT2D eigenvalue weighted by molar-refractivity contribution is 5.98. The first-order valence-corrected chi connectivity index (χ1v) is 7.81. The molecule has 0 amide bonds. The minimum atomic E-state index is 1.16. The summed E-state index contributed by atoms with van der Waals surface area (Å²) < 4.78 is 0. The monoisotopic (exact) mass is 295 g/mol. The van der Waals surface area contributed by atoms with Crippen molar-refractivity contribution in [2.75, 3.05) is 4.90 Å². The van der Waals surface area contributed by atoms with Crippen LogP contribution >= 0.6 is 0 Å². The van der Waals surface area contributed by atoms with Gasteiger partial charge in [-0.1, -0.05) is 72.8 Å². The zero-order valence-electron chi connectivity index (χ0n) is 12.8. The second kappa shape index (κ2) is 5.98. The van der Waals surface area contributed by atoms with E-state index in [2.05, 4.69) is 108 Å². The van der Waals surface area contributed by atoms with E-state index in [0.29, 0.717) is 0 Å². The van der Waals surface area contributed by atoms with Crippen LogP contribution in [0.4, 0.5) is 17.1 Å². The van der Waals surface area contributed by atoms with E-state index in [0.717, 1.165) is 11.4 Å². The summed E-state index contributed by atoms with van der Waals surface area (Å²) in [6, 6.07) is 36.0. The van der Waals surface area contributed by atoms with Crippen LogP contribution in [0.1, 0.15) is 0 Å². The third-order valence-corrected chi connectivity index (χ3v) is 4.04. The maximum absolute atomic E-state index is 2.31. The molecule has 1 heteroatoms. The molecule has 0 heterocycles. The molecule has 0 saturated carbocycles. The van der Waals surface area contributed by atoms with Gasteiger partial charge in [0.05, 0.1) is 5.69 Å². The van der Waals surface area contributed by atoms with Gasteiger partial charge in [0, 0.05) is 16.8 Å². The molecule has 1 nitrogen and oxygen atoms in total. The Morgan fingerprint density at radius 3 is 1.61 bits per heavy atom. The maximum atomic E-state index is 2.31. The van der Waals surface area contributed by atoms with Crippen LogP contribution in [0, 0.1) is 0 Å². The zero-order chi connectivity index (χ0) is 15.5. The molecule has 0 N–H and O–H groups in total. The summed E-state index contributed by atoms with van der Waals surface area (Å²) in [7, 11) is 0. The Hall–Kier alpha value is -3.06. The minimum Gasteiger partial charge on any atom is -0.310 e. The number of rotatable bonds is 3. The number of nitrogens with zero attached hydrogens (tertiary/aromatic N) is 1. The first kappa shape index (κ1) is 13.6. The van der Waals surface area contributed by atoms with E-state index < -0.39 is 0 Å². The molecule has 0 atom stereocenters. The summed E-state index contributed by atoms with van der Waals surface area (Å²) in [5.41, 5.74) is 3.52. The van der Waals surface area contributed by atoms with Crippen LogP contribution in [-0.4, -0.2) is 0 Å². The summed E-state index contributed by atoms with van der Waals surface area (Å²) in [4.78, 5) is 2.31. The van der Waals surface area contributed by atoms with Crippen molar-refractivity contribution in [1.82, 2.24) is 0 Å². The Labute approximate surface area is 136 Å². The van der Waals surface area contributed by atoms with Crippen molar-refractivity contribution in [2.45, 2.75) is 0 Å². The second-order valence-electron chi connectivity index (χ2n) is 5.50. The van der Waals surface area contributed by atoms with Crippen molar-refractivity contribution in [3.05, 3.63) is 103 Å². The van der Waals surface area contributed by atoms with Crippen LogP contribution in [0.5, 0.6) is 0 Å². The molecule has 0 aliphatic heterocycles. The molecule has 0 saturated heterocycles. The standard InChI is InChI=1S/C22H17N/c1-3-12-19(13-4-1)23(20-14-5-2-6-15-20)22-17-9-11-18-10-7-8-16-21(18)22/h1-17H. The minimum absolute atomic E-state index is 1.16. The first-order chi connectivity index (χ1) is 11.4. The Bertz CT molecular complexity index is 869. The molecule has 23 heavy (non-hydrogen) atoms. The molecule has 4 aromatic rings. The second-order valence-corrected chi connectivity index (χ2v) is 5.50. The topological polar surface area (TPSA) is 3.24 Å². The molecule has 0 fully saturated rings. The third kappa shape index (κ3) is 2.58. The molecule has 0 radical (unpaired) electrons. The number of anilines is 3. The van der Waals surface area contributed by atoms with E-state index in [-0.39, 0.29) is 0 Å².